The van der Waals surface area contributed by atoms with Gasteiger partial charge in [-0.05, 0) is 42.0 Å². The molecule has 1 aliphatic carbocycles. The van der Waals surface area contributed by atoms with Crippen LogP contribution in [0.2, 0.25) is 13.1 Å². The first kappa shape index (κ1) is 31.4. The Morgan fingerprint density at radius 3 is 2.06 bits per heavy atom. The van der Waals surface area contributed by atoms with Crippen LogP contribution in [0.15, 0.2) is 66.2 Å². The third-order valence-corrected chi connectivity index (χ3v) is 13.0. The largest absolute Gasteiger partial charge is 3.00 e. The molecule has 0 spiro atoms. The molecule has 187 valence electrons. The fraction of sp³-hybridized carbons (Fsp3) is 0.323. The Hall–Kier alpha value is -0.830. The molecular formula is C31H35Cl2SSiZr. The first-order chi connectivity index (χ1) is 15.5. The van der Waals surface area contributed by atoms with Gasteiger partial charge in [0.2, 0.25) is 0 Å². The molecule has 1 radical (unpaired) electrons. The number of fused-ring (bicyclic) bond motifs is 1. The average molecular weight is 630 g/mol. The number of halogens is 2. The molecule has 0 saturated carbocycles. The molecule has 5 heteroatoms. The molecule has 3 heterocycles. The summed E-state index contributed by atoms with van der Waals surface area (Å²) >= 11 is 2.03. The standard InChI is InChI=1S/C20H21.C11H14SSi.2ClH.Zr/c1-14-12-16-6-5-7-18(19(16)13-14)15-8-10-17(11-9-15)20(2,3)4;1-6-5-8-9(12-6)11-7(2)10(8)13(11,3)4;;;/h5-13H,1-4H3;5,11H,1-4H3;2*1H;/q-1;;;;+3/p-2. The monoisotopic (exact) mass is 627 g/mol. The Morgan fingerprint density at radius 2 is 1.50 bits per heavy atom. The molecule has 1 atom stereocenters. The zero-order chi connectivity index (χ0) is 23.7. The van der Waals surface area contributed by atoms with Crippen molar-refractivity contribution in [2.75, 3.05) is 0 Å². The van der Waals surface area contributed by atoms with Crippen molar-refractivity contribution >= 4 is 35.4 Å². The fourth-order valence-electron chi connectivity index (χ4n) is 6.07. The Morgan fingerprint density at radius 1 is 0.861 bits per heavy atom. The summed E-state index contributed by atoms with van der Waals surface area (Å²) in [6, 6.07) is 22.5. The number of rotatable bonds is 1. The molecule has 1 unspecified atom stereocenters. The van der Waals surface area contributed by atoms with Crippen LogP contribution >= 0.6 is 11.3 Å². The van der Waals surface area contributed by atoms with Crippen LogP contribution in [0.4, 0.5) is 0 Å². The number of benzene rings is 2. The molecule has 3 aromatic carbocycles. The molecular weight excluding hydrogens is 595 g/mol. The van der Waals surface area contributed by atoms with Crippen LogP contribution in [0.1, 0.15) is 59.7 Å². The van der Waals surface area contributed by atoms with Crippen molar-refractivity contribution in [3.8, 4) is 11.1 Å². The van der Waals surface area contributed by atoms with E-state index in [1.54, 1.807) is 21.2 Å². The van der Waals surface area contributed by atoms with E-state index in [0.29, 0.717) is 0 Å². The normalized spacial score (nSPS) is 16.6. The minimum Gasteiger partial charge on any atom is -1.00 e. The summed E-state index contributed by atoms with van der Waals surface area (Å²) in [5.74, 6) is 0. The Balaban J connectivity index is 0.000000250. The molecule has 0 saturated heterocycles. The minimum atomic E-state index is -0.995. The SMILES string of the molecule is CC1=C2c3cc(C)sc3C1[Si]2(C)C.Cc1cc2c(-c3ccc(C(C)(C)C)cc3)cccc2[cH-]1.[Cl-].[Cl-].[Zr+3]. The van der Waals surface area contributed by atoms with E-state index < -0.39 is 8.07 Å². The van der Waals surface area contributed by atoms with Crippen LogP contribution in [-0.4, -0.2) is 8.07 Å². The molecule has 0 fully saturated rings. The van der Waals surface area contributed by atoms with Gasteiger partial charge in [0.05, 0.1) is 8.07 Å². The molecule has 1 aromatic heterocycles. The summed E-state index contributed by atoms with van der Waals surface area (Å²) in [6.45, 7) is 18.5. The van der Waals surface area contributed by atoms with E-state index in [1.165, 1.54) is 37.9 Å². The van der Waals surface area contributed by atoms with Gasteiger partial charge in [0, 0.05) is 15.3 Å². The Labute approximate surface area is 253 Å². The number of allylic oxidation sites excluding steroid dienone is 1. The first-order valence-electron chi connectivity index (χ1n) is 12.1. The molecule has 2 aliphatic heterocycles. The maximum atomic E-state index is 2.52. The van der Waals surface area contributed by atoms with Crippen LogP contribution in [0, 0.1) is 13.8 Å². The van der Waals surface area contributed by atoms with Gasteiger partial charge in [0.1, 0.15) is 0 Å². The van der Waals surface area contributed by atoms with Crippen molar-refractivity contribution in [2.45, 2.75) is 65.6 Å². The Kier molecular flexibility index (Phi) is 9.69. The van der Waals surface area contributed by atoms with Gasteiger partial charge >= 0.3 is 26.2 Å². The predicted molar refractivity (Wildman–Crippen MR) is 150 cm³/mol. The molecule has 7 rings (SSSR count). The van der Waals surface area contributed by atoms with Crippen LogP contribution < -0.4 is 24.8 Å². The second-order valence-electron chi connectivity index (χ2n) is 11.5. The summed E-state index contributed by atoms with van der Waals surface area (Å²) in [6.07, 6.45) is 0. The van der Waals surface area contributed by atoms with E-state index in [9.17, 15) is 0 Å². The second kappa shape index (κ2) is 11.1. The quantitative estimate of drug-likeness (QED) is 0.223. The smallest absolute Gasteiger partial charge is 1.00 e. The van der Waals surface area contributed by atoms with Crippen LogP contribution in [0.5, 0.6) is 0 Å². The topological polar surface area (TPSA) is 0 Å². The number of hydrogen-bond acceptors (Lipinski definition) is 1. The van der Waals surface area contributed by atoms with Gasteiger partial charge in [0.15, 0.2) is 0 Å². The second-order valence-corrected chi connectivity index (χ2v) is 17.3. The summed E-state index contributed by atoms with van der Waals surface area (Å²) in [4.78, 5) is 3.19. The third kappa shape index (κ3) is 5.21. The summed E-state index contributed by atoms with van der Waals surface area (Å²) < 4.78 is 0. The summed E-state index contributed by atoms with van der Waals surface area (Å²) in [5.41, 5.74) is 9.76. The molecule has 0 N–H and O–H groups in total. The fourth-order valence-corrected chi connectivity index (χ4v) is 12.5. The molecule has 36 heavy (non-hydrogen) atoms. The van der Waals surface area contributed by atoms with Crippen LogP contribution in [0.25, 0.3) is 27.1 Å². The van der Waals surface area contributed by atoms with Gasteiger partial charge in [-0.15, -0.1) is 45.9 Å². The van der Waals surface area contributed by atoms with Crippen molar-refractivity contribution in [1.82, 2.24) is 0 Å². The van der Waals surface area contributed by atoms with Gasteiger partial charge in [-0.1, -0.05) is 87.5 Å². The van der Waals surface area contributed by atoms with Crippen molar-refractivity contribution in [1.29, 1.82) is 0 Å². The molecule has 2 bridgehead atoms. The van der Waals surface area contributed by atoms with Crippen molar-refractivity contribution in [3.05, 3.63) is 92.7 Å². The Bertz CT molecular complexity index is 1400. The summed E-state index contributed by atoms with van der Waals surface area (Å²) in [5, 5.41) is 4.46. The predicted octanol–water partition coefficient (Wildman–Crippen LogP) is 3.56. The zero-order valence-corrected chi connectivity index (χ0v) is 28.3. The van der Waals surface area contributed by atoms with Gasteiger partial charge < -0.3 is 24.8 Å². The van der Waals surface area contributed by atoms with Gasteiger partial charge in [-0.3, -0.25) is 0 Å². The van der Waals surface area contributed by atoms with E-state index in [4.69, 9.17) is 0 Å². The molecule has 0 nitrogen and oxygen atoms in total. The van der Waals surface area contributed by atoms with Crippen molar-refractivity contribution < 1.29 is 51.0 Å². The van der Waals surface area contributed by atoms with Gasteiger partial charge in [0.25, 0.3) is 0 Å². The maximum absolute atomic E-state index is 2.52. The van der Waals surface area contributed by atoms with Crippen molar-refractivity contribution in [3.63, 3.8) is 0 Å². The van der Waals surface area contributed by atoms with Crippen LogP contribution in [-0.2, 0) is 31.6 Å². The summed E-state index contributed by atoms with van der Waals surface area (Å²) in [7, 11) is -0.995. The molecule has 3 aliphatic rings. The van der Waals surface area contributed by atoms with E-state index in [-0.39, 0.29) is 56.4 Å². The number of aryl methyl sites for hydroxylation is 2. The molecule has 4 aromatic rings. The minimum absolute atomic E-state index is 0. The average Bonchev–Trinajstić information content (AvgIpc) is 3.41. The maximum Gasteiger partial charge on any atom is 3.00 e. The zero-order valence-electron chi connectivity index (χ0n) is 22.5. The number of thiophene rings is 1. The van der Waals surface area contributed by atoms with Crippen molar-refractivity contribution in [2.24, 2.45) is 0 Å². The van der Waals surface area contributed by atoms with E-state index in [2.05, 4.69) is 115 Å². The van der Waals surface area contributed by atoms with Crippen LogP contribution in [0.3, 0.4) is 0 Å². The van der Waals surface area contributed by atoms with E-state index >= 15 is 0 Å². The third-order valence-electron chi connectivity index (χ3n) is 7.57. The van der Waals surface area contributed by atoms with E-state index in [0.717, 1.165) is 5.54 Å². The first-order valence-corrected chi connectivity index (χ1v) is 16.0. The van der Waals surface area contributed by atoms with Gasteiger partial charge in [-0.2, -0.15) is 6.07 Å². The molecule has 0 amide bonds. The van der Waals surface area contributed by atoms with E-state index in [1.807, 2.05) is 11.3 Å². The van der Waals surface area contributed by atoms with Gasteiger partial charge in [-0.25, -0.2) is 0 Å². The number of hydrogen-bond donors (Lipinski definition) is 0.